The largest absolute Gasteiger partial charge is 0.372 e. The summed E-state index contributed by atoms with van der Waals surface area (Å²) in [5, 5.41) is 2.96. The lowest BCUT2D eigenvalue weighted by Gasteiger charge is -2.22. The van der Waals surface area contributed by atoms with Gasteiger partial charge in [-0.15, -0.1) is 0 Å². The zero-order valence-corrected chi connectivity index (χ0v) is 16.4. The summed E-state index contributed by atoms with van der Waals surface area (Å²) < 4.78 is 0. The number of aromatic nitrogens is 2. The Labute approximate surface area is 156 Å². The molecule has 26 heavy (non-hydrogen) atoms. The summed E-state index contributed by atoms with van der Waals surface area (Å²) in [6.07, 6.45) is 1.44. The molecule has 1 amide bonds. The van der Waals surface area contributed by atoms with Gasteiger partial charge in [-0.25, -0.2) is 9.97 Å². The molecule has 0 spiro atoms. The number of amides is 1. The van der Waals surface area contributed by atoms with E-state index in [1.54, 1.807) is 6.07 Å². The molecular weight excluding hydrogens is 326 g/mol. The summed E-state index contributed by atoms with van der Waals surface area (Å²) in [4.78, 5) is 25.4. The Kier molecular flexibility index (Phi) is 6.95. The summed E-state index contributed by atoms with van der Waals surface area (Å²) in [5.74, 6) is 0.545. The third-order valence-corrected chi connectivity index (χ3v) is 4.56. The van der Waals surface area contributed by atoms with Crippen LogP contribution >= 0.6 is 0 Å². The molecule has 0 saturated heterocycles. The lowest BCUT2D eigenvalue weighted by molar-refractivity contribution is 0.102. The second-order valence-corrected chi connectivity index (χ2v) is 6.06. The summed E-state index contributed by atoms with van der Waals surface area (Å²) >= 11 is 0. The number of carbonyl (C=O) groups is 1. The van der Waals surface area contributed by atoms with Crippen LogP contribution < -0.4 is 15.1 Å². The van der Waals surface area contributed by atoms with Gasteiger partial charge in [0.1, 0.15) is 17.8 Å². The van der Waals surface area contributed by atoms with Gasteiger partial charge in [-0.05, 0) is 58.4 Å². The van der Waals surface area contributed by atoms with Gasteiger partial charge in [0.2, 0.25) is 0 Å². The number of nitrogens with one attached hydrogen (secondary N) is 1. The van der Waals surface area contributed by atoms with Crippen molar-refractivity contribution in [2.75, 3.05) is 41.3 Å². The maximum absolute atomic E-state index is 12.6. The predicted octanol–water partition coefficient (Wildman–Crippen LogP) is 3.73. The molecule has 0 aliphatic rings. The van der Waals surface area contributed by atoms with E-state index in [0.717, 1.165) is 48.9 Å². The van der Waals surface area contributed by atoms with E-state index in [9.17, 15) is 4.79 Å². The molecular formula is C20H29N5O. The van der Waals surface area contributed by atoms with Crippen LogP contribution in [0.4, 0.5) is 17.2 Å². The molecule has 0 aliphatic carbocycles. The van der Waals surface area contributed by atoms with Crippen LogP contribution in [0.3, 0.4) is 0 Å². The van der Waals surface area contributed by atoms with Gasteiger partial charge in [-0.3, -0.25) is 4.79 Å². The second-order valence-electron chi connectivity index (χ2n) is 6.06. The molecule has 0 bridgehead atoms. The number of benzene rings is 1. The lowest BCUT2D eigenvalue weighted by Crippen LogP contribution is -2.24. The van der Waals surface area contributed by atoms with E-state index in [0.29, 0.717) is 5.69 Å². The monoisotopic (exact) mass is 355 g/mol. The zero-order chi connectivity index (χ0) is 19.1. The van der Waals surface area contributed by atoms with E-state index in [4.69, 9.17) is 0 Å². The molecule has 140 valence electrons. The SMILES string of the molecule is CCN(CC)c1ccc(NC(=O)c2cc(N(CC)CC)ncn2)c(C)c1. The summed E-state index contributed by atoms with van der Waals surface area (Å²) in [6.45, 7) is 14.0. The van der Waals surface area contributed by atoms with E-state index >= 15 is 0 Å². The maximum atomic E-state index is 12.6. The molecule has 1 heterocycles. The summed E-state index contributed by atoms with van der Waals surface area (Å²) in [7, 11) is 0. The fraction of sp³-hybridized carbons (Fsp3) is 0.450. The lowest BCUT2D eigenvalue weighted by atomic mass is 10.1. The molecule has 2 rings (SSSR count). The van der Waals surface area contributed by atoms with Crippen LogP contribution in [0, 0.1) is 6.92 Å². The molecule has 0 unspecified atom stereocenters. The van der Waals surface area contributed by atoms with Gasteiger partial charge in [0, 0.05) is 43.6 Å². The molecule has 0 aliphatic heterocycles. The third-order valence-electron chi connectivity index (χ3n) is 4.56. The molecule has 0 atom stereocenters. The van der Waals surface area contributed by atoms with Gasteiger partial charge in [0.05, 0.1) is 0 Å². The van der Waals surface area contributed by atoms with Crippen LogP contribution in [0.5, 0.6) is 0 Å². The third kappa shape index (κ3) is 4.50. The van der Waals surface area contributed by atoms with Crippen molar-refractivity contribution in [3.63, 3.8) is 0 Å². The Morgan fingerprint density at radius 1 is 0.962 bits per heavy atom. The van der Waals surface area contributed by atoms with Crippen LogP contribution in [0.2, 0.25) is 0 Å². The van der Waals surface area contributed by atoms with Crippen LogP contribution in [-0.4, -0.2) is 42.1 Å². The molecule has 1 aromatic carbocycles. The average Bonchev–Trinajstić information content (AvgIpc) is 2.66. The Balaban J connectivity index is 2.18. The summed E-state index contributed by atoms with van der Waals surface area (Å²) in [6, 6.07) is 7.83. The first-order chi connectivity index (χ1) is 12.5. The van der Waals surface area contributed by atoms with Gasteiger partial charge in [0.15, 0.2) is 0 Å². The minimum atomic E-state index is -0.223. The van der Waals surface area contributed by atoms with Crippen molar-refractivity contribution in [2.45, 2.75) is 34.6 Å². The number of nitrogens with zero attached hydrogens (tertiary/aromatic N) is 4. The molecule has 1 N–H and O–H groups in total. The molecule has 2 aromatic rings. The number of hydrogen-bond donors (Lipinski definition) is 1. The highest BCUT2D eigenvalue weighted by Gasteiger charge is 2.13. The topological polar surface area (TPSA) is 61.4 Å². The normalized spacial score (nSPS) is 10.5. The predicted molar refractivity (Wildman–Crippen MR) is 108 cm³/mol. The van der Waals surface area contributed by atoms with Gasteiger partial charge in [-0.1, -0.05) is 0 Å². The minimum absolute atomic E-state index is 0.223. The first-order valence-electron chi connectivity index (χ1n) is 9.27. The standard InChI is InChI=1S/C20H29N5O/c1-6-24(7-2)16-10-11-17(15(5)12-16)23-20(26)18-13-19(22-14-21-18)25(8-3)9-4/h10-14H,6-9H2,1-5H3,(H,23,26). The molecule has 1 aromatic heterocycles. The van der Waals surface area contributed by atoms with E-state index in [-0.39, 0.29) is 5.91 Å². The Morgan fingerprint density at radius 2 is 1.62 bits per heavy atom. The Morgan fingerprint density at radius 3 is 2.19 bits per heavy atom. The van der Waals surface area contributed by atoms with Crippen molar-refractivity contribution in [3.05, 3.63) is 41.9 Å². The number of anilines is 3. The van der Waals surface area contributed by atoms with Gasteiger partial charge in [0.25, 0.3) is 5.91 Å². The quantitative estimate of drug-likeness (QED) is 0.782. The number of hydrogen-bond acceptors (Lipinski definition) is 5. The van der Waals surface area contributed by atoms with Crippen LogP contribution in [-0.2, 0) is 0 Å². The molecule has 6 heteroatoms. The highest BCUT2D eigenvalue weighted by Crippen LogP contribution is 2.23. The maximum Gasteiger partial charge on any atom is 0.274 e. The first-order valence-corrected chi connectivity index (χ1v) is 9.27. The van der Waals surface area contributed by atoms with Crippen molar-refractivity contribution in [1.29, 1.82) is 0 Å². The molecule has 0 fully saturated rings. The molecule has 0 radical (unpaired) electrons. The molecule has 6 nitrogen and oxygen atoms in total. The minimum Gasteiger partial charge on any atom is -0.372 e. The average molecular weight is 355 g/mol. The van der Waals surface area contributed by atoms with E-state index in [1.165, 1.54) is 6.33 Å². The van der Waals surface area contributed by atoms with Crippen LogP contribution in [0.1, 0.15) is 43.7 Å². The highest BCUT2D eigenvalue weighted by molar-refractivity contribution is 6.03. The van der Waals surface area contributed by atoms with Crippen molar-refractivity contribution in [3.8, 4) is 0 Å². The molecule has 0 saturated carbocycles. The number of rotatable bonds is 8. The van der Waals surface area contributed by atoms with Crippen molar-refractivity contribution in [2.24, 2.45) is 0 Å². The van der Waals surface area contributed by atoms with Gasteiger partial charge < -0.3 is 15.1 Å². The number of carbonyl (C=O) groups excluding carboxylic acids is 1. The van der Waals surface area contributed by atoms with Gasteiger partial charge >= 0.3 is 0 Å². The van der Waals surface area contributed by atoms with Crippen molar-refractivity contribution < 1.29 is 4.79 Å². The second kappa shape index (κ2) is 9.17. The van der Waals surface area contributed by atoms with E-state index < -0.39 is 0 Å². The first kappa shape index (κ1) is 19.7. The Bertz CT molecular complexity index is 739. The van der Waals surface area contributed by atoms with Crippen molar-refractivity contribution in [1.82, 2.24) is 9.97 Å². The zero-order valence-electron chi connectivity index (χ0n) is 16.4. The van der Waals surface area contributed by atoms with E-state index in [1.807, 2.05) is 19.1 Å². The fourth-order valence-corrected chi connectivity index (χ4v) is 2.95. The smallest absolute Gasteiger partial charge is 0.274 e. The number of aryl methyl sites for hydroxylation is 1. The van der Waals surface area contributed by atoms with Crippen LogP contribution in [0.25, 0.3) is 0 Å². The Hall–Kier alpha value is -2.63. The summed E-state index contributed by atoms with van der Waals surface area (Å²) in [5.41, 5.74) is 3.36. The highest BCUT2D eigenvalue weighted by atomic mass is 16.1. The van der Waals surface area contributed by atoms with Gasteiger partial charge in [-0.2, -0.15) is 0 Å². The fourth-order valence-electron chi connectivity index (χ4n) is 2.95. The van der Waals surface area contributed by atoms with E-state index in [2.05, 4.69) is 58.8 Å². The van der Waals surface area contributed by atoms with Crippen molar-refractivity contribution >= 4 is 23.1 Å². The van der Waals surface area contributed by atoms with Crippen LogP contribution in [0.15, 0.2) is 30.6 Å².